The van der Waals surface area contributed by atoms with E-state index in [0.717, 1.165) is 16.7 Å². The molecule has 28 heavy (non-hydrogen) atoms. The Morgan fingerprint density at radius 1 is 0.750 bits per heavy atom. The number of rotatable bonds is 2. The third-order valence-corrected chi connectivity index (χ3v) is 5.39. The molecule has 1 aromatic heterocycles. The highest BCUT2D eigenvalue weighted by atomic mass is 32.2. The van der Waals surface area contributed by atoms with E-state index in [-0.39, 0.29) is 5.56 Å². The Morgan fingerprint density at radius 2 is 1.32 bits per heavy atom. The van der Waals surface area contributed by atoms with E-state index < -0.39 is 0 Å². The molecule has 1 aliphatic heterocycles. The Balaban J connectivity index is 0.000000161. The van der Waals surface area contributed by atoms with E-state index >= 15 is 0 Å². The lowest BCUT2D eigenvalue weighted by Crippen LogP contribution is -2.05. The molecule has 0 aliphatic carbocycles. The Bertz CT molecular complexity index is 1010. The van der Waals surface area contributed by atoms with Gasteiger partial charge in [-0.2, -0.15) is 0 Å². The van der Waals surface area contributed by atoms with Crippen molar-refractivity contribution in [3.05, 3.63) is 99.3 Å². The first-order valence-corrected chi connectivity index (χ1v) is 10.2. The van der Waals surface area contributed by atoms with Gasteiger partial charge in [0.2, 0.25) is 5.56 Å². The lowest BCUT2D eigenvalue weighted by molar-refractivity contribution is -0.115. The molecular formula is C24H23NO2S. The fourth-order valence-corrected chi connectivity index (χ4v) is 3.61. The summed E-state index contributed by atoms with van der Waals surface area (Å²) in [6.07, 6.45) is 2.32. The van der Waals surface area contributed by atoms with Crippen LogP contribution in [0.4, 0.5) is 0 Å². The normalized spacial score (nSPS) is 13.4. The maximum absolute atomic E-state index is 11.3. The van der Waals surface area contributed by atoms with Gasteiger partial charge in [0.25, 0.3) is 0 Å². The molecule has 142 valence electrons. The third-order valence-electron chi connectivity index (χ3n) is 4.45. The molecule has 2 aromatic carbocycles. The number of ketones is 1. The maximum atomic E-state index is 11.3. The largest absolute Gasteiger partial charge is 0.328 e. The Morgan fingerprint density at radius 3 is 1.86 bits per heavy atom. The average molecular weight is 390 g/mol. The Hall–Kier alpha value is -2.85. The number of carbonyl (C=O) groups excluding carboxylic acids is 1. The summed E-state index contributed by atoms with van der Waals surface area (Å²) in [4.78, 5) is 24.8. The van der Waals surface area contributed by atoms with Crippen LogP contribution < -0.4 is 5.56 Å². The summed E-state index contributed by atoms with van der Waals surface area (Å²) in [6.45, 7) is 4.12. The van der Waals surface area contributed by atoms with Crippen LogP contribution in [-0.2, 0) is 4.79 Å². The SMILES string of the molecule is Cc1ccc(-c2ccc(=O)[nH]c2)cc1.Cc1ccc(C2=CSCC(=O)C2)cc1. The Labute approximate surface area is 169 Å². The molecule has 0 atom stereocenters. The van der Waals surface area contributed by atoms with Crippen LogP contribution in [0.25, 0.3) is 16.7 Å². The highest BCUT2D eigenvalue weighted by Crippen LogP contribution is 2.27. The van der Waals surface area contributed by atoms with E-state index in [2.05, 4.69) is 60.6 Å². The smallest absolute Gasteiger partial charge is 0.247 e. The number of Topliss-reactive ketones (excluding diaryl/α,β-unsaturated/α-hetero) is 1. The summed E-state index contributed by atoms with van der Waals surface area (Å²) >= 11 is 1.60. The van der Waals surface area contributed by atoms with Gasteiger partial charge in [0.05, 0.1) is 5.75 Å². The second kappa shape index (κ2) is 9.38. The highest BCUT2D eigenvalue weighted by Gasteiger charge is 2.12. The summed E-state index contributed by atoms with van der Waals surface area (Å²) in [5.74, 6) is 0.961. The van der Waals surface area contributed by atoms with Crippen molar-refractivity contribution in [2.45, 2.75) is 20.3 Å². The number of aryl methyl sites for hydroxylation is 2. The minimum Gasteiger partial charge on any atom is -0.328 e. The number of pyridine rings is 1. The van der Waals surface area contributed by atoms with Gasteiger partial charge in [0.1, 0.15) is 5.78 Å². The van der Waals surface area contributed by atoms with Crippen molar-refractivity contribution in [3.63, 3.8) is 0 Å². The van der Waals surface area contributed by atoms with Crippen LogP contribution in [0.1, 0.15) is 23.1 Å². The van der Waals surface area contributed by atoms with Crippen LogP contribution in [0.5, 0.6) is 0 Å². The van der Waals surface area contributed by atoms with E-state index in [9.17, 15) is 9.59 Å². The van der Waals surface area contributed by atoms with Gasteiger partial charge in [0, 0.05) is 18.7 Å². The number of H-pyrrole nitrogens is 1. The number of hydrogen-bond acceptors (Lipinski definition) is 3. The van der Waals surface area contributed by atoms with Crippen molar-refractivity contribution in [3.8, 4) is 11.1 Å². The lowest BCUT2D eigenvalue weighted by Gasteiger charge is -2.11. The molecule has 3 nitrogen and oxygen atoms in total. The van der Waals surface area contributed by atoms with E-state index in [1.807, 2.05) is 18.2 Å². The van der Waals surface area contributed by atoms with Gasteiger partial charge in [-0.05, 0) is 47.6 Å². The minimum absolute atomic E-state index is 0.0686. The fraction of sp³-hybridized carbons (Fsp3) is 0.167. The maximum Gasteiger partial charge on any atom is 0.247 e. The summed E-state index contributed by atoms with van der Waals surface area (Å²) in [5.41, 5.74) is 6.90. The first-order valence-electron chi connectivity index (χ1n) is 9.16. The van der Waals surface area contributed by atoms with Gasteiger partial charge < -0.3 is 4.98 Å². The molecule has 1 N–H and O–H groups in total. The van der Waals surface area contributed by atoms with Crippen LogP contribution in [0.3, 0.4) is 0 Å². The fourth-order valence-electron chi connectivity index (χ4n) is 2.81. The van der Waals surface area contributed by atoms with E-state index in [1.165, 1.54) is 22.8 Å². The van der Waals surface area contributed by atoms with Gasteiger partial charge in [-0.1, -0.05) is 59.7 Å². The molecule has 0 saturated carbocycles. The van der Waals surface area contributed by atoms with Crippen LogP contribution in [0.15, 0.2) is 77.1 Å². The molecule has 2 heterocycles. The molecule has 0 unspecified atom stereocenters. The highest BCUT2D eigenvalue weighted by molar-refractivity contribution is 8.03. The van der Waals surface area contributed by atoms with Crippen LogP contribution in [-0.4, -0.2) is 16.5 Å². The van der Waals surface area contributed by atoms with Gasteiger partial charge in [-0.25, -0.2) is 0 Å². The molecule has 0 saturated heterocycles. The molecule has 3 aromatic rings. The topological polar surface area (TPSA) is 49.9 Å². The summed E-state index contributed by atoms with van der Waals surface area (Å²) in [5, 5.41) is 2.10. The summed E-state index contributed by atoms with van der Waals surface area (Å²) in [6, 6.07) is 19.9. The summed E-state index contributed by atoms with van der Waals surface area (Å²) < 4.78 is 0. The molecular weight excluding hydrogens is 366 g/mol. The molecule has 0 radical (unpaired) electrons. The number of allylic oxidation sites excluding steroid dienone is 1. The predicted octanol–water partition coefficient (Wildman–Crippen LogP) is 5.39. The zero-order valence-corrected chi connectivity index (χ0v) is 16.9. The third kappa shape index (κ3) is 5.57. The molecule has 0 bridgehead atoms. The number of benzene rings is 2. The van der Waals surface area contributed by atoms with E-state index in [1.54, 1.807) is 18.0 Å². The first kappa shape index (κ1) is 19.9. The number of thioether (sulfide) groups is 1. The first-order chi connectivity index (χ1) is 13.5. The van der Waals surface area contributed by atoms with E-state index in [4.69, 9.17) is 0 Å². The van der Waals surface area contributed by atoms with Gasteiger partial charge in [-0.15, -0.1) is 11.8 Å². The van der Waals surface area contributed by atoms with E-state index in [0.29, 0.717) is 18.0 Å². The van der Waals surface area contributed by atoms with Crippen molar-refractivity contribution < 1.29 is 4.79 Å². The predicted molar refractivity (Wildman–Crippen MR) is 118 cm³/mol. The molecule has 1 aliphatic rings. The Kier molecular flexibility index (Phi) is 6.66. The van der Waals surface area contributed by atoms with Crippen LogP contribution in [0, 0.1) is 13.8 Å². The zero-order chi connectivity index (χ0) is 19.9. The molecule has 4 heteroatoms. The number of nitrogens with one attached hydrogen (secondary N) is 1. The second-order valence-corrected chi connectivity index (χ2v) is 7.70. The van der Waals surface area contributed by atoms with Crippen molar-refractivity contribution >= 4 is 23.1 Å². The van der Waals surface area contributed by atoms with Gasteiger partial charge in [-0.3, -0.25) is 9.59 Å². The van der Waals surface area contributed by atoms with Crippen molar-refractivity contribution in [1.29, 1.82) is 0 Å². The minimum atomic E-state index is -0.0686. The number of hydrogen-bond donors (Lipinski definition) is 1. The van der Waals surface area contributed by atoms with Crippen molar-refractivity contribution in [1.82, 2.24) is 4.98 Å². The number of aromatic nitrogens is 1. The molecule has 0 amide bonds. The summed E-state index contributed by atoms with van der Waals surface area (Å²) in [7, 11) is 0. The van der Waals surface area contributed by atoms with Gasteiger partial charge >= 0.3 is 0 Å². The van der Waals surface area contributed by atoms with Crippen LogP contribution >= 0.6 is 11.8 Å². The van der Waals surface area contributed by atoms with Crippen LogP contribution in [0.2, 0.25) is 0 Å². The average Bonchev–Trinajstić information content (AvgIpc) is 2.70. The zero-order valence-electron chi connectivity index (χ0n) is 16.1. The van der Waals surface area contributed by atoms with Crippen molar-refractivity contribution in [2.24, 2.45) is 0 Å². The standard InChI is InChI=1S/C12H11NO.C12H12OS/c1-9-2-4-10(5-3-9)11-6-7-12(14)13-8-11;1-9-2-4-10(5-3-9)11-6-12(13)8-14-7-11/h2-8H,1H3,(H,13,14);2-5,7H,6,8H2,1H3. The molecule has 0 fully saturated rings. The number of aromatic amines is 1. The molecule has 0 spiro atoms. The lowest BCUT2D eigenvalue weighted by atomic mass is 10.0. The molecule has 4 rings (SSSR count). The quantitative estimate of drug-likeness (QED) is 0.639. The second-order valence-electron chi connectivity index (χ2n) is 6.84. The monoisotopic (exact) mass is 389 g/mol. The van der Waals surface area contributed by atoms with Gasteiger partial charge in [0.15, 0.2) is 0 Å². The number of carbonyl (C=O) groups is 1. The van der Waals surface area contributed by atoms with Crippen molar-refractivity contribution in [2.75, 3.05) is 5.75 Å².